The van der Waals surface area contributed by atoms with Gasteiger partial charge in [-0.2, -0.15) is 0 Å². The fourth-order valence-electron chi connectivity index (χ4n) is 2.14. The predicted octanol–water partition coefficient (Wildman–Crippen LogP) is 2.12. The van der Waals surface area contributed by atoms with Gasteiger partial charge < -0.3 is 5.32 Å². The maximum Gasteiger partial charge on any atom is 0.00201 e. The van der Waals surface area contributed by atoms with Crippen LogP contribution in [0.5, 0.6) is 0 Å². The lowest BCUT2D eigenvalue weighted by Crippen LogP contribution is -2.35. The van der Waals surface area contributed by atoms with Crippen molar-refractivity contribution < 1.29 is 0 Å². The summed E-state index contributed by atoms with van der Waals surface area (Å²) in [4.78, 5) is 0. The van der Waals surface area contributed by atoms with Crippen LogP contribution in [0, 0.1) is 11.8 Å². The molecule has 0 amide bonds. The highest BCUT2D eigenvalue weighted by molar-refractivity contribution is 5.26. The van der Waals surface area contributed by atoms with Gasteiger partial charge >= 0.3 is 0 Å². The molecule has 1 saturated heterocycles. The molecule has 2 unspecified atom stereocenters. The number of nitrogens with one attached hydrogen (secondary N) is 1. The molecule has 1 aliphatic heterocycles. The summed E-state index contributed by atoms with van der Waals surface area (Å²) in [6.07, 6.45) is 9.67. The van der Waals surface area contributed by atoms with E-state index in [0.29, 0.717) is 0 Å². The van der Waals surface area contributed by atoms with Crippen molar-refractivity contribution in [3.8, 4) is 0 Å². The smallest absolute Gasteiger partial charge is 0.00201 e. The summed E-state index contributed by atoms with van der Waals surface area (Å²) in [7, 11) is 0. The number of piperidine rings is 1. The van der Waals surface area contributed by atoms with Crippen LogP contribution >= 0.6 is 0 Å². The first-order valence-corrected chi connectivity index (χ1v) is 4.99. The maximum absolute atomic E-state index is 3.45. The lowest BCUT2D eigenvalue weighted by Gasteiger charge is -2.30. The average Bonchev–Trinajstić information content (AvgIpc) is 2.17. The first-order chi connectivity index (χ1) is 5.90. The Balaban J connectivity index is 2.09. The quantitative estimate of drug-likeness (QED) is 0.624. The van der Waals surface area contributed by atoms with Gasteiger partial charge in [-0.1, -0.05) is 30.7 Å². The molecule has 2 rings (SSSR count). The van der Waals surface area contributed by atoms with Crippen LogP contribution in [0.4, 0.5) is 0 Å². The van der Waals surface area contributed by atoms with Gasteiger partial charge in [0.2, 0.25) is 0 Å². The minimum absolute atomic E-state index is 0.777. The first-order valence-electron chi connectivity index (χ1n) is 4.99. The van der Waals surface area contributed by atoms with Crippen molar-refractivity contribution >= 4 is 0 Å². The van der Waals surface area contributed by atoms with E-state index in [1.54, 1.807) is 0 Å². The van der Waals surface area contributed by atoms with E-state index in [2.05, 4.69) is 30.5 Å². The van der Waals surface area contributed by atoms with E-state index < -0.39 is 0 Å². The predicted molar refractivity (Wildman–Crippen MR) is 52.0 cm³/mol. The highest BCUT2D eigenvalue weighted by Crippen LogP contribution is 2.28. The van der Waals surface area contributed by atoms with Gasteiger partial charge in [0.15, 0.2) is 0 Å². The van der Waals surface area contributed by atoms with Gasteiger partial charge in [-0.15, -0.1) is 0 Å². The van der Waals surface area contributed by atoms with E-state index in [9.17, 15) is 0 Å². The Kier molecular flexibility index (Phi) is 2.31. The first kappa shape index (κ1) is 8.06. The molecule has 0 aromatic heterocycles. The minimum atomic E-state index is 0.777. The molecule has 1 nitrogen and oxygen atoms in total. The monoisotopic (exact) mass is 163 g/mol. The van der Waals surface area contributed by atoms with E-state index >= 15 is 0 Å². The number of hydrogen-bond acceptors (Lipinski definition) is 1. The third-order valence-electron chi connectivity index (χ3n) is 2.98. The Labute approximate surface area is 74.5 Å². The Bertz CT molecular complexity index is 215. The highest BCUT2D eigenvalue weighted by Gasteiger charge is 2.22. The maximum atomic E-state index is 3.45. The number of rotatable bonds is 1. The van der Waals surface area contributed by atoms with Crippen LogP contribution in [-0.2, 0) is 0 Å². The summed E-state index contributed by atoms with van der Waals surface area (Å²) in [6, 6.07) is 0. The minimum Gasteiger partial charge on any atom is -0.316 e. The molecule has 0 aromatic carbocycles. The van der Waals surface area contributed by atoms with E-state index in [0.717, 1.165) is 11.8 Å². The van der Waals surface area contributed by atoms with Gasteiger partial charge in [-0.25, -0.2) is 0 Å². The second-order valence-corrected chi connectivity index (χ2v) is 3.77. The summed E-state index contributed by atoms with van der Waals surface area (Å²) in [6.45, 7) is 4.60. The molecule has 0 radical (unpaired) electrons. The Morgan fingerprint density at radius 3 is 3.25 bits per heavy atom. The fraction of sp³-hybridized carbons (Fsp3) is 0.636. The second kappa shape index (κ2) is 3.44. The zero-order valence-corrected chi connectivity index (χ0v) is 7.72. The molecule has 0 saturated carbocycles. The lowest BCUT2D eigenvalue weighted by molar-refractivity contribution is 0.351. The second-order valence-electron chi connectivity index (χ2n) is 3.77. The molecule has 1 aliphatic carbocycles. The van der Waals surface area contributed by atoms with Crippen molar-refractivity contribution in [3.63, 3.8) is 0 Å². The van der Waals surface area contributed by atoms with Gasteiger partial charge in [-0.05, 0) is 31.2 Å². The average molecular weight is 163 g/mol. The summed E-state index contributed by atoms with van der Waals surface area (Å²) >= 11 is 0. The Hall–Kier alpha value is -0.560. The van der Waals surface area contributed by atoms with Crippen LogP contribution in [0.15, 0.2) is 23.8 Å². The summed E-state index contributed by atoms with van der Waals surface area (Å²) in [5.41, 5.74) is 1.51. The number of hydrogen-bond donors (Lipinski definition) is 1. The van der Waals surface area contributed by atoms with Gasteiger partial charge in [0, 0.05) is 6.54 Å². The molecule has 12 heavy (non-hydrogen) atoms. The SMILES string of the molecule is CCC1=CC2CNCCC2C=C1. The Morgan fingerprint density at radius 2 is 2.42 bits per heavy atom. The topological polar surface area (TPSA) is 12.0 Å². The Morgan fingerprint density at radius 1 is 1.50 bits per heavy atom. The molecule has 0 spiro atoms. The van der Waals surface area contributed by atoms with E-state index in [4.69, 9.17) is 0 Å². The third kappa shape index (κ3) is 1.46. The molecule has 1 heterocycles. The summed E-state index contributed by atoms with van der Waals surface area (Å²) in [5, 5.41) is 3.45. The van der Waals surface area contributed by atoms with Crippen molar-refractivity contribution in [3.05, 3.63) is 23.8 Å². The van der Waals surface area contributed by atoms with Gasteiger partial charge in [0.25, 0.3) is 0 Å². The zero-order valence-electron chi connectivity index (χ0n) is 7.72. The van der Waals surface area contributed by atoms with E-state index in [-0.39, 0.29) is 0 Å². The van der Waals surface area contributed by atoms with Crippen LogP contribution in [0.25, 0.3) is 0 Å². The molecule has 0 aromatic rings. The van der Waals surface area contributed by atoms with Gasteiger partial charge in [-0.3, -0.25) is 0 Å². The summed E-state index contributed by atoms with van der Waals surface area (Å²) < 4.78 is 0. The molecule has 1 fully saturated rings. The van der Waals surface area contributed by atoms with Crippen molar-refractivity contribution in [2.75, 3.05) is 13.1 Å². The molecule has 2 atom stereocenters. The standard InChI is InChI=1S/C11H17N/c1-2-9-3-4-10-5-6-12-8-11(10)7-9/h3-4,7,10-12H,2,5-6,8H2,1H3. The van der Waals surface area contributed by atoms with Gasteiger partial charge in [0.1, 0.15) is 0 Å². The van der Waals surface area contributed by atoms with Crippen molar-refractivity contribution in [1.82, 2.24) is 5.32 Å². The highest BCUT2D eigenvalue weighted by atomic mass is 14.9. The molecule has 2 aliphatic rings. The number of fused-ring (bicyclic) bond motifs is 1. The van der Waals surface area contributed by atoms with Crippen LogP contribution < -0.4 is 5.32 Å². The fourth-order valence-corrected chi connectivity index (χ4v) is 2.14. The summed E-state index contributed by atoms with van der Waals surface area (Å²) in [5.74, 6) is 1.60. The molecule has 1 N–H and O–H groups in total. The van der Waals surface area contributed by atoms with Crippen LogP contribution in [0.3, 0.4) is 0 Å². The van der Waals surface area contributed by atoms with Crippen LogP contribution in [0.1, 0.15) is 19.8 Å². The molecular formula is C11H17N. The normalized spacial score (nSPS) is 34.2. The molecule has 66 valence electrons. The molecule has 1 heteroatoms. The lowest BCUT2D eigenvalue weighted by atomic mass is 9.81. The van der Waals surface area contributed by atoms with Crippen molar-refractivity contribution in [2.24, 2.45) is 11.8 Å². The van der Waals surface area contributed by atoms with E-state index in [1.165, 1.54) is 31.5 Å². The van der Waals surface area contributed by atoms with Crippen molar-refractivity contribution in [1.29, 1.82) is 0 Å². The van der Waals surface area contributed by atoms with Crippen LogP contribution in [-0.4, -0.2) is 13.1 Å². The molecule has 0 bridgehead atoms. The van der Waals surface area contributed by atoms with Crippen molar-refractivity contribution in [2.45, 2.75) is 19.8 Å². The third-order valence-corrected chi connectivity index (χ3v) is 2.98. The largest absolute Gasteiger partial charge is 0.316 e. The van der Waals surface area contributed by atoms with Crippen LogP contribution in [0.2, 0.25) is 0 Å². The van der Waals surface area contributed by atoms with E-state index in [1.807, 2.05) is 0 Å². The number of allylic oxidation sites excluding steroid dienone is 3. The van der Waals surface area contributed by atoms with Gasteiger partial charge in [0.05, 0.1) is 0 Å². The zero-order chi connectivity index (χ0) is 8.39. The molecular weight excluding hydrogens is 146 g/mol.